The predicted octanol–water partition coefficient (Wildman–Crippen LogP) is 3.85. The van der Waals surface area contributed by atoms with Gasteiger partial charge in [0.25, 0.3) is 5.91 Å². The van der Waals surface area contributed by atoms with Crippen molar-refractivity contribution in [1.82, 2.24) is 14.7 Å². The molecule has 0 radical (unpaired) electrons. The van der Waals surface area contributed by atoms with E-state index in [2.05, 4.69) is 10.3 Å². The fourth-order valence-electron chi connectivity index (χ4n) is 2.54. The minimum Gasteiger partial charge on any atom is -0.385 e. The van der Waals surface area contributed by atoms with Crippen LogP contribution < -0.4 is 5.32 Å². The van der Waals surface area contributed by atoms with E-state index in [1.807, 2.05) is 0 Å². The van der Waals surface area contributed by atoms with Gasteiger partial charge in [0.15, 0.2) is 10.7 Å². The van der Waals surface area contributed by atoms with Gasteiger partial charge in [0, 0.05) is 37.4 Å². The fraction of sp³-hybridized carbons (Fsp3) is 0.294. The number of amides is 1. The number of ether oxygens (including phenoxy) is 1. The fourth-order valence-corrected chi connectivity index (χ4v) is 3.25. The van der Waals surface area contributed by atoms with E-state index in [1.165, 1.54) is 23.5 Å². The van der Waals surface area contributed by atoms with Crippen LogP contribution in [0.15, 0.2) is 35.8 Å². The number of fused-ring (bicyclic) bond motifs is 1. The summed E-state index contributed by atoms with van der Waals surface area (Å²) in [6.45, 7) is 0.939. The van der Waals surface area contributed by atoms with Gasteiger partial charge in [-0.2, -0.15) is 13.2 Å². The van der Waals surface area contributed by atoms with Crippen LogP contribution in [-0.2, 0) is 10.9 Å². The van der Waals surface area contributed by atoms with Gasteiger partial charge in [0.2, 0.25) is 0 Å². The first-order chi connectivity index (χ1) is 12.4. The standard InChI is InChI=1S/C17H16F3N3O2S/c1-25-9-2-7-21-15(24)13-14(23-8-10-26-16(23)22-13)11-3-5-12(6-4-11)17(18,19)20/h3-6,8,10H,2,7,9H2,1H3,(H,21,24). The second kappa shape index (κ2) is 7.46. The third-order valence-electron chi connectivity index (χ3n) is 3.77. The summed E-state index contributed by atoms with van der Waals surface area (Å²) in [6.07, 6.45) is -2.02. The van der Waals surface area contributed by atoms with Gasteiger partial charge in [-0.05, 0) is 18.6 Å². The Labute approximate surface area is 151 Å². The number of benzene rings is 1. The van der Waals surface area contributed by atoms with Crippen molar-refractivity contribution in [3.05, 3.63) is 47.1 Å². The molecule has 0 fully saturated rings. The van der Waals surface area contributed by atoms with E-state index in [9.17, 15) is 18.0 Å². The molecule has 0 saturated heterocycles. The molecule has 0 bridgehead atoms. The molecule has 1 amide bonds. The van der Waals surface area contributed by atoms with Crippen molar-refractivity contribution in [3.63, 3.8) is 0 Å². The van der Waals surface area contributed by atoms with Crippen LogP contribution in [0.3, 0.4) is 0 Å². The number of alkyl halides is 3. The smallest absolute Gasteiger partial charge is 0.385 e. The average Bonchev–Trinajstić information content (AvgIpc) is 3.18. The van der Waals surface area contributed by atoms with Crippen molar-refractivity contribution in [2.24, 2.45) is 0 Å². The number of methoxy groups -OCH3 is 1. The number of imidazole rings is 1. The van der Waals surface area contributed by atoms with E-state index in [1.54, 1.807) is 23.1 Å². The van der Waals surface area contributed by atoms with Crippen molar-refractivity contribution < 1.29 is 22.7 Å². The van der Waals surface area contributed by atoms with Crippen LogP contribution in [0, 0.1) is 0 Å². The molecule has 0 aliphatic heterocycles. The second-order valence-electron chi connectivity index (χ2n) is 5.54. The number of carbonyl (C=O) groups excluding carboxylic acids is 1. The lowest BCUT2D eigenvalue weighted by Crippen LogP contribution is -2.26. The molecule has 0 aliphatic rings. The maximum atomic E-state index is 12.8. The average molecular weight is 383 g/mol. The summed E-state index contributed by atoms with van der Waals surface area (Å²) in [5.41, 5.74) is 0.414. The lowest BCUT2D eigenvalue weighted by molar-refractivity contribution is -0.137. The number of carbonyl (C=O) groups is 1. The summed E-state index contributed by atoms with van der Waals surface area (Å²) in [5.74, 6) is -0.369. The first-order valence-electron chi connectivity index (χ1n) is 7.82. The maximum absolute atomic E-state index is 12.8. The summed E-state index contributed by atoms with van der Waals surface area (Å²) in [6, 6.07) is 4.71. The summed E-state index contributed by atoms with van der Waals surface area (Å²) >= 11 is 1.35. The van der Waals surface area contributed by atoms with E-state index in [0.29, 0.717) is 35.8 Å². The second-order valence-corrected chi connectivity index (χ2v) is 6.41. The Balaban J connectivity index is 1.94. The van der Waals surface area contributed by atoms with Gasteiger partial charge in [-0.25, -0.2) is 4.98 Å². The summed E-state index contributed by atoms with van der Waals surface area (Å²) in [4.78, 5) is 17.4. The van der Waals surface area contributed by atoms with Crippen LogP contribution in [-0.4, -0.2) is 35.6 Å². The van der Waals surface area contributed by atoms with Crippen LogP contribution in [0.1, 0.15) is 22.5 Å². The Hall–Kier alpha value is -2.39. The minimum atomic E-state index is -4.41. The molecular formula is C17H16F3N3O2S. The number of halogens is 3. The maximum Gasteiger partial charge on any atom is 0.416 e. The molecule has 2 aromatic heterocycles. The molecule has 26 heavy (non-hydrogen) atoms. The highest BCUT2D eigenvalue weighted by atomic mass is 32.1. The third-order valence-corrected chi connectivity index (χ3v) is 4.53. The van der Waals surface area contributed by atoms with E-state index >= 15 is 0 Å². The summed E-state index contributed by atoms with van der Waals surface area (Å²) in [5, 5.41) is 4.56. The zero-order valence-electron chi connectivity index (χ0n) is 13.8. The monoisotopic (exact) mass is 383 g/mol. The number of hydrogen-bond donors (Lipinski definition) is 1. The topological polar surface area (TPSA) is 55.6 Å². The molecule has 1 aromatic carbocycles. The number of nitrogens with one attached hydrogen (secondary N) is 1. The van der Waals surface area contributed by atoms with Crippen molar-refractivity contribution in [2.75, 3.05) is 20.3 Å². The highest BCUT2D eigenvalue weighted by Gasteiger charge is 2.30. The van der Waals surface area contributed by atoms with E-state index in [0.717, 1.165) is 12.1 Å². The Morgan fingerprint density at radius 2 is 2.04 bits per heavy atom. The zero-order valence-corrected chi connectivity index (χ0v) is 14.7. The highest BCUT2D eigenvalue weighted by molar-refractivity contribution is 7.15. The first-order valence-corrected chi connectivity index (χ1v) is 8.70. The molecule has 0 atom stereocenters. The minimum absolute atomic E-state index is 0.189. The Morgan fingerprint density at radius 3 is 2.69 bits per heavy atom. The molecule has 9 heteroatoms. The molecular weight excluding hydrogens is 367 g/mol. The van der Waals surface area contributed by atoms with E-state index in [4.69, 9.17) is 4.74 Å². The Bertz CT molecular complexity index is 900. The van der Waals surface area contributed by atoms with Gasteiger partial charge >= 0.3 is 6.18 Å². The van der Waals surface area contributed by atoms with Crippen molar-refractivity contribution in [1.29, 1.82) is 0 Å². The first kappa shape index (κ1) is 18.4. The number of rotatable bonds is 6. The lowest BCUT2D eigenvalue weighted by Gasteiger charge is -2.09. The number of thiazole rings is 1. The van der Waals surface area contributed by atoms with Crippen LogP contribution in [0.5, 0.6) is 0 Å². The van der Waals surface area contributed by atoms with Crippen LogP contribution >= 0.6 is 11.3 Å². The Morgan fingerprint density at radius 1 is 1.31 bits per heavy atom. The quantitative estimate of drug-likeness (QED) is 0.658. The molecule has 3 rings (SSSR count). The van der Waals surface area contributed by atoms with Crippen LogP contribution in [0.25, 0.3) is 16.2 Å². The van der Waals surface area contributed by atoms with Crippen LogP contribution in [0.2, 0.25) is 0 Å². The number of hydrogen-bond acceptors (Lipinski definition) is 4. The SMILES string of the molecule is COCCCNC(=O)c1nc2sccn2c1-c1ccc(C(F)(F)F)cc1. The molecule has 138 valence electrons. The van der Waals surface area contributed by atoms with Crippen LogP contribution in [0.4, 0.5) is 13.2 Å². The molecule has 0 unspecified atom stereocenters. The molecule has 0 saturated carbocycles. The van der Waals surface area contributed by atoms with Gasteiger partial charge in [-0.3, -0.25) is 9.20 Å². The van der Waals surface area contributed by atoms with Crippen molar-refractivity contribution >= 4 is 22.2 Å². The molecule has 3 aromatic rings. The van der Waals surface area contributed by atoms with E-state index in [-0.39, 0.29) is 11.6 Å². The normalized spacial score (nSPS) is 11.8. The number of nitrogens with zero attached hydrogens (tertiary/aromatic N) is 2. The molecule has 1 N–H and O–H groups in total. The highest BCUT2D eigenvalue weighted by Crippen LogP contribution is 2.32. The van der Waals surface area contributed by atoms with Gasteiger partial charge in [-0.15, -0.1) is 11.3 Å². The summed E-state index contributed by atoms with van der Waals surface area (Å²) in [7, 11) is 1.58. The summed E-state index contributed by atoms with van der Waals surface area (Å²) < 4.78 is 45.0. The predicted molar refractivity (Wildman–Crippen MR) is 92.3 cm³/mol. The van der Waals surface area contributed by atoms with Gasteiger partial charge in [0.1, 0.15) is 0 Å². The zero-order chi connectivity index (χ0) is 18.7. The van der Waals surface area contributed by atoms with Crippen molar-refractivity contribution in [2.45, 2.75) is 12.6 Å². The third kappa shape index (κ3) is 3.73. The molecule has 0 spiro atoms. The Kier molecular flexibility index (Phi) is 5.28. The molecule has 0 aliphatic carbocycles. The molecule has 5 nitrogen and oxygen atoms in total. The van der Waals surface area contributed by atoms with Gasteiger partial charge < -0.3 is 10.1 Å². The van der Waals surface area contributed by atoms with Gasteiger partial charge in [0.05, 0.1) is 11.3 Å². The lowest BCUT2D eigenvalue weighted by atomic mass is 10.1. The van der Waals surface area contributed by atoms with Crippen molar-refractivity contribution in [3.8, 4) is 11.3 Å². The number of aromatic nitrogens is 2. The van der Waals surface area contributed by atoms with Gasteiger partial charge in [-0.1, -0.05) is 12.1 Å². The van der Waals surface area contributed by atoms with E-state index < -0.39 is 11.7 Å². The molecule has 2 heterocycles. The largest absolute Gasteiger partial charge is 0.416 e.